The van der Waals surface area contributed by atoms with Crippen LogP contribution in [-0.4, -0.2) is 0 Å². The Morgan fingerprint density at radius 1 is 2.00 bits per heavy atom. The number of terminal acetylenes is 1. The molecule has 0 aromatic heterocycles. The predicted molar refractivity (Wildman–Crippen MR) is 25.4 cm³/mol. The smallest absolute Gasteiger partial charge is 0.00941 e. The van der Waals surface area contributed by atoms with Gasteiger partial charge in [0.05, 0.1) is 0 Å². The molecule has 0 rings (SSSR count). The van der Waals surface area contributed by atoms with Crippen LogP contribution in [0.2, 0.25) is 0 Å². The van der Waals surface area contributed by atoms with Crippen LogP contribution < -0.4 is 0 Å². The van der Waals surface area contributed by atoms with E-state index >= 15 is 0 Å². The first-order valence-corrected chi connectivity index (χ1v) is 2.54. The molecule has 0 spiro atoms. The zero-order chi connectivity index (χ0) is 3.41. The molecule has 0 aromatic rings. The van der Waals surface area contributed by atoms with Gasteiger partial charge in [0, 0.05) is 0 Å². The maximum absolute atomic E-state index is 4.66. The monoisotopic (exact) mass is 90.0 g/mol. The minimum Gasteiger partial charge on any atom is -0.107 e. The molecular weight excluding hydrogens is 88.2 g/mol. The van der Waals surface area contributed by atoms with Gasteiger partial charge in [-0.3, -0.25) is 0 Å². The lowest BCUT2D eigenvalue weighted by Gasteiger charge is -1.51. The molecule has 0 aliphatic rings. The van der Waals surface area contributed by atoms with E-state index < -0.39 is 0 Å². The summed E-state index contributed by atoms with van der Waals surface area (Å²) in [5.74, 6) is 0. The van der Waals surface area contributed by atoms with Crippen LogP contribution in [0.5, 0.6) is 0 Å². The van der Waals surface area contributed by atoms with Crippen molar-refractivity contribution >= 4 is 22.5 Å². The van der Waals surface area contributed by atoms with Crippen molar-refractivity contribution in [2.24, 2.45) is 0 Å². The van der Waals surface area contributed by atoms with E-state index in [1.807, 2.05) is 0 Å². The third-order valence-corrected chi connectivity index (χ3v) is 0.474. The fourth-order valence-corrected chi connectivity index (χ4v) is 0. The van der Waals surface area contributed by atoms with Gasteiger partial charge in [-0.1, -0.05) is 11.7 Å². The van der Waals surface area contributed by atoms with Crippen LogP contribution in [0.4, 0.5) is 0 Å². The normalized spacial score (nSPS) is 5.00. The van der Waals surface area contributed by atoms with Crippen molar-refractivity contribution in [2.75, 3.05) is 0 Å². The van der Waals surface area contributed by atoms with Gasteiger partial charge in [0.2, 0.25) is 0 Å². The van der Waals surface area contributed by atoms with E-state index in [-0.39, 0.29) is 0 Å². The molecule has 0 heterocycles. The minimum atomic E-state index is 1.08. The lowest BCUT2D eigenvalue weighted by atomic mass is 11.4. The molecule has 0 N–H and O–H groups in total. The van der Waals surface area contributed by atoms with Gasteiger partial charge in [0.1, 0.15) is 0 Å². The Hall–Kier alpha value is 0.260. The van der Waals surface area contributed by atoms with Crippen LogP contribution in [-0.2, 0) is 0 Å². The largest absolute Gasteiger partial charge is 0.107 e. The van der Waals surface area contributed by atoms with Gasteiger partial charge in [0.25, 0.3) is 0 Å². The van der Waals surface area contributed by atoms with E-state index in [0.29, 0.717) is 0 Å². The maximum Gasteiger partial charge on any atom is -0.00941 e. The molecule has 0 saturated heterocycles. The highest BCUT2D eigenvalue weighted by Crippen LogP contribution is 1.97. The maximum atomic E-state index is 4.66. The highest BCUT2D eigenvalue weighted by molar-refractivity contribution is 8.70. The summed E-state index contributed by atoms with van der Waals surface area (Å²) in [6.45, 7) is 0. The molecule has 0 aliphatic carbocycles. The van der Waals surface area contributed by atoms with Crippen LogP contribution in [0.25, 0.3) is 0 Å². The molecule has 0 fully saturated rings. The number of thiol groups is 1. The van der Waals surface area contributed by atoms with Crippen LogP contribution in [0.1, 0.15) is 0 Å². The summed E-state index contributed by atoms with van der Waals surface area (Å²) in [5.41, 5.74) is 0. The van der Waals surface area contributed by atoms with E-state index in [1.165, 1.54) is 0 Å². The SMILES string of the molecule is C#CSS. The zero-order valence-corrected chi connectivity index (χ0v) is 3.64. The first kappa shape index (κ1) is 4.26. The van der Waals surface area contributed by atoms with Gasteiger partial charge in [-0.05, 0) is 16.0 Å². The fourth-order valence-electron chi connectivity index (χ4n) is 0. The van der Waals surface area contributed by atoms with Crippen LogP contribution in [0.3, 0.4) is 0 Å². The Bertz CT molecular complexity index is 33.8. The topological polar surface area (TPSA) is 0 Å². The van der Waals surface area contributed by atoms with Crippen molar-refractivity contribution < 1.29 is 0 Å². The van der Waals surface area contributed by atoms with Crippen molar-refractivity contribution in [1.29, 1.82) is 0 Å². The average molecular weight is 90.2 g/mol. The third kappa shape index (κ3) is 2.26. The molecule has 22 valence electrons. The molecule has 2 heteroatoms. The van der Waals surface area contributed by atoms with Gasteiger partial charge in [-0.25, -0.2) is 0 Å². The van der Waals surface area contributed by atoms with E-state index in [9.17, 15) is 0 Å². The molecule has 0 atom stereocenters. The van der Waals surface area contributed by atoms with Crippen molar-refractivity contribution in [3.05, 3.63) is 0 Å². The van der Waals surface area contributed by atoms with E-state index in [0.717, 1.165) is 10.8 Å². The molecule has 0 nitrogen and oxygen atoms in total. The first-order chi connectivity index (χ1) is 1.91. The Morgan fingerprint density at radius 2 is 2.25 bits per heavy atom. The summed E-state index contributed by atoms with van der Waals surface area (Å²) in [4.78, 5) is 0. The summed E-state index contributed by atoms with van der Waals surface area (Å²) in [6.07, 6.45) is 4.66. The predicted octanol–water partition coefficient (Wildman–Crippen LogP) is 1.16. The third-order valence-electron chi connectivity index (χ3n) is 0.0527. The Morgan fingerprint density at radius 3 is 2.25 bits per heavy atom. The zero-order valence-electron chi connectivity index (χ0n) is 1.93. The minimum absolute atomic E-state index is 1.08. The molecule has 0 aromatic carbocycles. The second kappa shape index (κ2) is 3.26. The summed E-state index contributed by atoms with van der Waals surface area (Å²) in [7, 11) is 1.08. The molecule has 0 bridgehead atoms. The number of hydrogen-bond donors (Lipinski definition) is 1. The fraction of sp³-hybridized carbons (Fsp3) is 0. The molecule has 0 saturated carbocycles. The van der Waals surface area contributed by atoms with Crippen molar-refractivity contribution in [1.82, 2.24) is 0 Å². The Labute approximate surface area is 34.8 Å². The molecule has 0 unspecified atom stereocenters. The summed E-state index contributed by atoms with van der Waals surface area (Å²) >= 11 is 3.60. The van der Waals surface area contributed by atoms with E-state index in [1.54, 1.807) is 0 Å². The van der Waals surface area contributed by atoms with Crippen molar-refractivity contribution in [3.8, 4) is 11.7 Å². The average Bonchev–Trinajstić information content (AvgIpc) is 1.37. The van der Waals surface area contributed by atoms with Crippen molar-refractivity contribution in [2.45, 2.75) is 0 Å². The van der Waals surface area contributed by atoms with Gasteiger partial charge in [-0.2, -0.15) is 0 Å². The summed E-state index contributed by atoms with van der Waals surface area (Å²) in [6, 6.07) is 0. The molecular formula is C2H2S2. The van der Waals surface area contributed by atoms with Crippen LogP contribution >= 0.6 is 22.5 Å². The standard InChI is InChI=1S/C2H2S2/c1-2-4-3/h1,3H. The van der Waals surface area contributed by atoms with Crippen LogP contribution in [0.15, 0.2) is 0 Å². The lowest BCUT2D eigenvalue weighted by molar-refractivity contribution is 3.18. The molecule has 0 amide bonds. The second-order valence-electron chi connectivity index (χ2n) is 0.209. The number of hydrogen-bond acceptors (Lipinski definition) is 2. The molecule has 4 heavy (non-hydrogen) atoms. The van der Waals surface area contributed by atoms with Gasteiger partial charge in [0.15, 0.2) is 0 Å². The van der Waals surface area contributed by atoms with Crippen LogP contribution in [0, 0.1) is 11.7 Å². The van der Waals surface area contributed by atoms with Crippen molar-refractivity contribution in [3.63, 3.8) is 0 Å². The molecule has 0 aliphatic heterocycles. The highest BCUT2D eigenvalue weighted by Gasteiger charge is 1.44. The van der Waals surface area contributed by atoms with E-state index in [2.05, 4.69) is 23.3 Å². The highest BCUT2D eigenvalue weighted by atomic mass is 33.1. The summed E-state index contributed by atoms with van der Waals surface area (Å²) < 4.78 is 0. The summed E-state index contributed by atoms with van der Waals surface area (Å²) in [5, 5.41) is 2.21. The lowest BCUT2D eigenvalue weighted by Crippen LogP contribution is -1.12. The Kier molecular flexibility index (Phi) is 3.47. The Balaban J connectivity index is 2.43. The van der Waals surface area contributed by atoms with Gasteiger partial charge in [-0.15, -0.1) is 6.42 Å². The van der Waals surface area contributed by atoms with Gasteiger partial charge < -0.3 is 0 Å². The quantitative estimate of drug-likeness (QED) is 0.264. The first-order valence-electron chi connectivity index (χ1n) is 0.675. The number of rotatable bonds is 0. The molecule has 0 radical (unpaired) electrons. The van der Waals surface area contributed by atoms with E-state index in [4.69, 9.17) is 0 Å². The second-order valence-corrected chi connectivity index (χ2v) is 1.18. The van der Waals surface area contributed by atoms with Gasteiger partial charge >= 0.3 is 0 Å².